The van der Waals surface area contributed by atoms with Gasteiger partial charge in [0.25, 0.3) is 5.91 Å². The molecular weight excluding hydrogens is 342 g/mol. The van der Waals surface area contributed by atoms with E-state index in [1.54, 1.807) is 0 Å². The number of ether oxygens (including phenoxy) is 1. The van der Waals surface area contributed by atoms with E-state index in [0.29, 0.717) is 23.8 Å². The fourth-order valence-electron chi connectivity index (χ4n) is 3.27. The van der Waals surface area contributed by atoms with Crippen molar-refractivity contribution in [3.8, 4) is 5.75 Å². The minimum absolute atomic E-state index is 0. The normalized spacial score (nSPS) is 18.2. The van der Waals surface area contributed by atoms with Gasteiger partial charge in [-0.05, 0) is 62.9 Å². The fourth-order valence-corrected chi connectivity index (χ4v) is 3.27. The molecule has 0 aromatic heterocycles. The number of nitrogens with one attached hydrogen (secondary N) is 3. The molecule has 0 bridgehead atoms. The minimum Gasteiger partial charge on any atom is -0.482 e. The second-order valence-corrected chi connectivity index (χ2v) is 6.61. The van der Waals surface area contributed by atoms with Gasteiger partial charge < -0.3 is 20.7 Å². The summed E-state index contributed by atoms with van der Waals surface area (Å²) in [4.78, 5) is 23.6. The lowest BCUT2D eigenvalue weighted by molar-refractivity contribution is -0.122. The van der Waals surface area contributed by atoms with Crippen LogP contribution >= 0.6 is 12.4 Å². The summed E-state index contributed by atoms with van der Waals surface area (Å²) in [6, 6.07) is 5.52. The van der Waals surface area contributed by atoms with Crippen LogP contribution in [-0.4, -0.2) is 31.5 Å². The highest BCUT2D eigenvalue weighted by atomic mass is 35.5. The zero-order valence-electron chi connectivity index (χ0n) is 14.5. The topological polar surface area (TPSA) is 79.5 Å². The fraction of sp³-hybridized carbons (Fsp3) is 0.556. The number of amides is 2. The monoisotopic (exact) mass is 367 g/mol. The van der Waals surface area contributed by atoms with Gasteiger partial charge in [-0.15, -0.1) is 12.4 Å². The molecule has 0 radical (unpaired) electrons. The number of hydrogen-bond acceptors (Lipinski definition) is 4. The highest BCUT2D eigenvalue weighted by Crippen LogP contribution is 2.30. The van der Waals surface area contributed by atoms with Crippen molar-refractivity contribution in [1.82, 2.24) is 10.6 Å². The summed E-state index contributed by atoms with van der Waals surface area (Å²) in [5.41, 5.74) is 1.62. The van der Waals surface area contributed by atoms with Gasteiger partial charge in [-0.1, -0.05) is 6.07 Å². The second-order valence-electron chi connectivity index (χ2n) is 6.61. The molecule has 0 aliphatic carbocycles. The van der Waals surface area contributed by atoms with Crippen LogP contribution in [0.1, 0.15) is 44.2 Å². The van der Waals surface area contributed by atoms with Gasteiger partial charge in [-0.3, -0.25) is 9.59 Å². The molecule has 3 rings (SSSR count). The summed E-state index contributed by atoms with van der Waals surface area (Å²) in [6.07, 6.45) is 3.84. The van der Waals surface area contributed by atoms with E-state index in [4.69, 9.17) is 4.74 Å². The quantitative estimate of drug-likeness (QED) is 0.746. The third-order valence-corrected chi connectivity index (χ3v) is 4.75. The summed E-state index contributed by atoms with van der Waals surface area (Å²) in [5, 5.41) is 9.18. The first kappa shape index (κ1) is 19.5. The molecule has 1 saturated heterocycles. The molecule has 138 valence electrons. The van der Waals surface area contributed by atoms with Gasteiger partial charge in [-0.25, -0.2) is 0 Å². The van der Waals surface area contributed by atoms with Gasteiger partial charge in [0.1, 0.15) is 5.75 Å². The van der Waals surface area contributed by atoms with E-state index in [1.807, 2.05) is 25.1 Å². The van der Waals surface area contributed by atoms with Gasteiger partial charge in [0, 0.05) is 6.42 Å². The van der Waals surface area contributed by atoms with E-state index in [2.05, 4.69) is 16.0 Å². The molecule has 1 fully saturated rings. The molecule has 25 heavy (non-hydrogen) atoms. The lowest BCUT2D eigenvalue weighted by atomic mass is 9.93. The first-order valence-electron chi connectivity index (χ1n) is 8.68. The van der Waals surface area contributed by atoms with Crippen LogP contribution in [0.2, 0.25) is 0 Å². The Kier molecular flexibility index (Phi) is 7.08. The largest absolute Gasteiger partial charge is 0.482 e. The Morgan fingerprint density at radius 2 is 2.12 bits per heavy atom. The van der Waals surface area contributed by atoms with E-state index in [9.17, 15) is 9.59 Å². The lowest BCUT2D eigenvalue weighted by Crippen LogP contribution is -2.30. The van der Waals surface area contributed by atoms with Gasteiger partial charge in [0.15, 0.2) is 6.61 Å². The Bertz CT molecular complexity index is 618. The Hall–Kier alpha value is -1.79. The number of carbonyl (C=O) groups excluding carboxylic acids is 2. The molecule has 1 aromatic carbocycles. The molecule has 2 heterocycles. The molecule has 1 unspecified atom stereocenters. The van der Waals surface area contributed by atoms with Crippen LogP contribution in [0.25, 0.3) is 0 Å². The van der Waals surface area contributed by atoms with Crippen LogP contribution in [0.15, 0.2) is 18.2 Å². The number of carbonyl (C=O) groups is 2. The van der Waals surface area contributed by atoms with Crippen LogP contribution in [-0.2, 0) is 9.59 Å². The van der Waals surface area contributed by atoms with Crippen LogP contribution < -0.4 is 20.7 Å². The van der Waals surface area contributed by atoms with Crippen molar-refractivity contribution in [3.05, 3.63) is 23.8 Å². The summed E-state index contributed by atoms with van der Waals surface area (Å²) >= 11 is 0. The molecule has 7 heteroatoms. The maximum Gasteiger partial charge on any atom is 0.262 e. The van der Waals surface area contributed by atoms with Crippen molar-refractivity contribution in [1.29, 1.82) is 0 Å². The summed E-state index contributed by atoms with van der Waals surface area (Å²) in [6.45, 7) is 4.13. The second kappa shape index (κ2) is 9.06. The van der Waals surface area contributed by atoms with Crippen LogP contribution in [0.3, 0.4) is 0 Å². The number of halogens is 1. The van der Waals surface area contributed by atoms with E-state index in [-0.39, 0.29) is 36.9 Å². The van der Waals surface area contributed by atoms with Crippen LogP contribution in [0, 0.1) is 5.92 Å². The maximum absolute atomic E-state index is 12.2. The number of piperidine rings is 1. The third-order valence-electron chi connectivity index (χ3n) is 4.75. The van der Waals surface area contributed by atoms with E-state index >= 15 is 0 Å². The number of hydrogen-bond donors (Lipinski definition) is 3. The zero-order chi connectivity index (χ0) is 16.9. The van der Waals surface area contributed by atoms with E-state index in [0.717, 1.165) is 37.9 Å². The average Bonchev–Trinajstić information content (AvgIpc) is 2.60. The number of rotatable bonds is 5. The molecule has 1 aromatic rings. The number of anilines is 1. The lowest BCUT2D eigenvalue weighted by Gasteiger charge is -2.23. The first-order valence-corrected chi connectivity index (χ1v) is 8.68. The van der Waals surface area contributed by atoms with Crippen molar-refractivity contribution in [3.63, 3.8) is 0 Å². The summed E-state index contributed by atoms with van der Waals surface area (Å²) in [7, 11) is 0. The van der Waals surface area contributed by atoms with Gasteiger partial charge in [-0.2, -0.15) is 0 Å². The molecule has 2 amide bonds. The Morgan fingerprint density at radius 3 is 2.88 bits per heavy atom. The van der Waals surface area contributed by atoms with Crippen molar-refractivity contribution < 1.29 is 14.3 Å². The van der Waals surface area contributed by atoms with Crippen molar-refractivity contribution >= 4 is 29.9 Å². The number of fused-ring (bicyclic) bond motifs is 1. The molecule has 0 spiro atoms. The zero-order valence-corrected chi connectivity index (χ0v) is 15.3. The van der Waals surface area contributed by atoms with Gasteiger partial charge >= 0.3 is 0 Å². The average molecular weight is 368 g/mol. The minimum atomic E-state index is -0.154. The number of benzene rings is 1. The summed E-state index contributed by atoms with van der Waals surface area (Å²) in [5.74, 6) is 1.25. The van der Waals surface area contributed by atoms with Crippen molar-refractivity contribution in [2.24, 2.45) is 5.92 Å². The standard InChI is InChI=1S/C18H25N3O3.ClH/c1-12(20-17(22)5-2-13-6-8-19-9-7-13)14-3-4-16-15(10-14)21-18(23)11-24-16;/h3-4,10,12-13,19H,2,5-9,11H2,1H3,(H,20,22)(H,21,23);1H. The van der Waals surface area contributed by atoms with Crippen LogP contribution in [0.5, 0.6) is 5.75 Å². The predicted octanol–water partition coefficient (Wildman–Crippen LogP) is 2.40. The third kappa shape index (κ3) is 5.34. The SMILES string of the molecule is CC(NC(=O)CCC1CCNCC1)c1ccc2c(c1)NC(=O)CO2.Cl. The highest BCUT2D eigenvalue weighted by Gasteiger charge is 2.19. The van der Waals surface area contributed by atoms with Crippen molar-refractivity contribution in [2.45, 2.75) is 38.6 Å². The van der Waals surface area contributed by atoms with Gasteiger partial charge in [0.05, 0.1) is 11.7 Å². The first-order chi connectivity index (χ1) is 11.6. The van der Waals surface area contributed by atoms with E-state index < -0.39 is 0 Å². The molecule has 3 N–H and O–H groups in total. The highest BCUT2D eigenvalue weighted by molar-refractivity contribution is 5.95. The molecule has 1 atom stereocenters. The molecule has 2 aliphatic rings. The molecule has 2 aliphatic heterocycles. The molecular formula is C18H26ClN3O3. The van der Waals surface area contributed by atoms with E-state index in [1.165, 1.54) is 0 Å². The molecule has 0 saturated carbocycles. The van der Waals surface area contributed by atoms with Crippen molar-refractivity contribution in [2.75, 3.05) is 25.0 Å². The Balaban J connectivity index is 0.00000225. The van der Waals surface area contributed by atoms with Gasteiger partial charge in [0.2, 0.25) is 5.91 Å². The predicted molar refractivity (Wildman–Crippen MR) is 99.2 cm³/mol. The smallest absolute Gasteiger partial charge is 0.262 e. The molecule has 6 nitrogen and oxygen atoms in total. The Labute approximate surface area is 154 Å². The van der Waals surface area contributed by atoms with Crippen LogP contribution in [0.4, 0.5) is 5.69 Å². The maximum atomic E-state index is 12.2. The Morgan fingerprint density at radius 1 is 1.36 bits per heavy atom. The summed E-state index contributed by atoms with van der Waals surface area (Å²) < 4.78 is 5.35.